The number of carbonyl (C=O) groups is 3. The topological polar surface area (TPSA) is 192 Å². The second-order valence-electron chi connectivity index (χ2n) is 7.43. The zero-order chi connectivity index (χ0) is 22.8. The van der Waals surface area contributed by atoms with Gasteiger partial charge in [-0.05, 0) is 49.9 Å². The lowest BCUT2D eigenvalue weighted by atomic mass is 10.0. The SMILES string of the molecule is NC(N)=NCCCC(NC(=O)C1CCCN1)C(=O)NC(Cc1ccc(O)cc1)C(=O)O. The van der Waals surface area contributed by atoms with Gasteiger partial charge in [0.05, 0.1) is 6.04 Å². The maximum absolute atomic E-state index is 12.8. The lowest BCUT2D eigenvalue weighted by Crippen LogP contribution is -2.54. The van der Waals surface area contributed by atoms with Crippen LogP contribution in [0.3, 0.4) is 0 Å². The Bertz CT molecular complexity index is 788. The molecule has 31 heavy (non-hydrogen) atoms. The van der Waals surface area contributed by atoms with Crippen molar-refractivity contribution in [2.24, 2.45) is 16.5 Å². The van der Waals surface area contributed by atoms with Gasteiger partial charge in [-0.2, -0.15) is 0 Å². The van der Waals surface area contributed by atoms with E-state index in [1.165, 1.54) is 12.1 Å². The van der Waals surface area contributed by atoms with E-state index < -0.39 is 24.0 Å². The summed E-state index contributed by atoms with van der Waals surface area (Å²) in [6.45, 7) is 1.01. The molecule has 170 valence electrons. The van der Waals surface area contributed by atoms with Crippen molar-refractivity contribution in [3.63, 3.8) is 0 Å². The summed E-state index contributed by atoms with van der Waals surface area (Å²) in [6, 6.07) is 3.55. The minimum absolute atomic E-state index is 0.0280. The molecule has 0 radical (unpaired) electrons. The lowest BCUT2D eigenvalue weighted by molar-refractivity contribution is -0.142. The minimum atomic E-state index is -1.20. The molecule has 0 spiro atoms. The summed E-state index contributed by atoms with van der Waals surface area (Å²) in [7, 11) is 0. The number of nitrogens with two attached hydrogens (primary N) is 2. The molecule has 0 saturated carbocycles. The fourth-order valence-electron chi connectivity index (χ4n) is 3.29. The number of rotatable bonds is 11. The number of aromatic hydroxyl groups is 1. The highest BCUT2D eigenvalue weighted by atomic mass is 16.4. The van der Waals surface area contributed by atoms with E-state index in [1.807, 2.05) is 0 Å². The van der Waals surface area contributed by atoms with Gasteiger partial charge in [-0.25, -0.2) is 4.79 Å². The Labute approximate surface area is 180 Å². The van der Waals surface area contributed by atoms with E-state index in [1.54, 1.807) is 12.1 Å². The maximum atomic E-state index is 12.8. The monoisotopic (exact) mass is 434 g/mol. The van der Waals surface area contributed by atoms with Crippen molar-refractivity contribution in [2.45, 2.75) is 50.2 Å². The highest BCUT2D eigenvalue weighted by molar-refractivity contribution is 5.92. The number of guanidine groups is 1. The summed E-state index contributed by atoms with van der Waals surface area (Å²) in [5.74, 6) is -2.11. The standard InChI is InChI=1S/C20H30N6O5/c21-20(22)24-10-2-4-15(25-17(28)14-3-1-9-23-14)18(29)26-16(19(30)31)11-12-5-7-13(27)8-6-12/h5-8,14-16,23,27H,1-4,9-11H2,(H,25,28)(H,26,29)(H,30,31)(H4,21,22,24). The van der Waals surface area contributed by atoms with Gasteiger partial charge in [-0.3, -0.25) is 14.6 Å². The molecule has 11 heteroatoms. The first-order valence-electron chi connectivity index (χ1n) is 10.2. The van der Waals surface area contributed by atoms with Gasteiger partial charge in [-0.15, -0.1) is 0 Å². The van der Waals surface area contributed by atoms with Crippen LogP contribution < -0.4 is 27.4 Å². The van der Waals surface area contributed by atoms with Gasteiger partial charge in [0.25, 0.3) is 0 Å². The van der Waals surface area contributed by atoms with E-state index in [9.17, 15) is 24.6 Å². The van der Waals surface area contributed by atoms with E-state index in [0.717, 1.165) is 13.0 Å². The maximum Gasteiger partial charge on any atom is 0.326 e. The number of amides is 2. The number of hydrogen-bond donors (Lipinski definition) is 7. The third-order valence-electron chi connectivity index (χ3n) is 4.95. The summed E-state index contributed by atoms with van der Waals surface area (Å²) >= 11 is 0. The van der Waals surface area contributed by atoms with Gasteiger partial charge >= 0.3 is 5.97 Å². The summed E-state index contributed by atoms with van der Waals surface area (Å²) in [5, 5.41) is 27.2. The highest BCUT2D eigenvalue weighted by Gasteiger charge is 2.29. The number of benzene rings is 1. The fraction of sp³-hybridized carbons (Fsp3) is 0.500. The molecule has 2 rings (SSSR count). The van der Waals surface area contributed by atoms with Gasteiger partial charge < -0.3 is 37.6 Å². The van der Waals surface area contributed by atoms with Gasteiger partial charge in [0.2, 0.25) is 11.8 Å². The molecule has 1 aliphatic heterocycles. The Morgan fingerprint density at radius 1 is 1.16 bits per heavy atom. The number of aliphatic imine (C=N–C) groups is 1. The summed E-state index contributed by atoms with van der Waals surface area (Å²) in [5.41, 5.74) is 11.2. The minimum Gasteiger partial charge on any atom is -0.508 e. The third kappa shape index (κ3) is 8.13. The quantitative estimate of drug-likeness (QED) is 0.128. The van der Waals surface area contributed by atoms with Crippen molar-refractivity contribution in [3.8, 4) is 5.75 Å². The smallest absolute Gasteiger partial charge is 0.326 e. The largest absolute Gasteiger partial charge is 0.508 e. The number of hydrogen-bond acceptors (Lipinski definition) is 6. The van der Waals surface area contributed by atoms with Crippen molar-refractivity contribution < 1.29 is 24.6 Å². The number of carbonyl (C=O) groups excluding carboxylic acids is 2. The highest BCUT2D eigenvalue weighted by Crippen LogP contribution is 2.12. The first kappa shape index (κ1) is 23.9. The molecule has 1 saturated heterocycles. The van der Waals surface area contributed by atoms with Crippen molar-refractivity contribution in [1.82, 2.24) is 16.0 Å². The molecule has 0 aromatic heterocycles. The Hall–Kier alpha value is -3.34. The molecule has 11 nitrogen and oxygen atoms in total. The van der Waals surface area contributed by atoms with Crippen LogP contribution in [-0.4, -0.2) is 65.2 Å². The predicted octanol–water partition coefficient (Wildman–Crippen LogP) is -1.21. The lowest BCUT2D eigenvalue weighted by Gasteiger charge is -2.23. The number of nitrogens with zero attached hydrogens (tertiary/aromatic N) is 1. The average Bonchev–Trinajstić information content (AvgIpc) is 3.26. The van der Waals surface area contributed by atoms with Gasteiger partial charge in [0.1, 0.15) is 17.8 Å². The summed E-state index contributed by atoms with van der Waals surface area (Å²) in [4.78, 5) is 40.9. The van der Waals surface area contributed by atoms with E-state index in [4.69, 9.17) is 11.5 Å². The molecule has 1 aliphatic rings. The third-order valence-corrected chi connectivity index (χ3v) is 4.95. The molecule has 9 N–H and O–H groups in total. The Kier molecular flexibility index (Phi) is 9.07. The van der Waals surface area contributed by atoms with Crippen LogP contribution in [0.4, 0.5) is 0 Å². The second kappa shape index (κ2) is 11.7. The average molecular weight is 434 g/mol. The molecular weight excluding hydrogens is 404 g/mol. The van der Waals surface area contributed by atoms with Crippen molar-refractivity contribution in [3.05, 3.63) is 29.8 Å². The van der Waals surface area contributed by atoms with Crippen LogP contribution in [0.25, 0.3) is 0 Å². The zero-order valence-corrected chi connectivity index (χ0v) is 17.2. The van der Waals surface area contributed by atoms with Crippen molar-refractivity contribution >= 4 is 23.7 Å². The zero-order valence-electron chi connectivity index (χ0n) is 17.2. The van der Waals surface area contributed by atoms with Crippen molar-refractivity contribution in [1.29, 1.82) is 0 Å². The Balaban J connectivity index is 2.04. The number of aliphatic carboxylic acids is 1. The number of phenolic OH excluding ortho intramolecular Hbond substituents is 1. The van der Waals surface area contributed by atoms with Gasteiger partial charge in [0, 0.05) is 13.0 Å². The molecule has 1 aromatic rings. The van der Waals surface area contributed by atoms with E-state index in [2.05, 4.69) is 20.9 Å². The second-order valence-corrected chi connectivity index (χ2v) is 7.43. The molecule has 0 aliphatic carbocycles. The van der Waals surface area contributed by atoms with Gasteiger partial charge in [0.15, 0.2) is 5.96 Å². The molecule has 3 unspecified atom stereocenters. The number of carboxylic acids is 1. The molecule has 1 heterocycles. The van der Waals surface area contributed by atoms with E-state index in [-0.39, 0.29) is 43.0 Å². The van der Waals surface area contributed by atoms with Crippen LogP contribution in [0.1, 0.15) is 31.2 Å². The van der Waals surface area contributed by atoms with Crippen LogP contribution in [-0.2, 0) is 20.8 Å². The van der Waals surface area contributed by atoms with Crippen LogP contribution in [0.15, 0.2) is 29.3 Å². The molecule has 1 fully saturated rings. The normalized spacial score (nSPS) is 17.4. The van der Waals surface area contributed by atoms with Crippen LogP contribution >= 0.6 is 0 Å². The fourth-order valence-corrected chi connectivity index (χ4v) is 3.29. The summed E-state index contributed by atoms with van der Waals surface area (Å²) < 4.78 is 0. The number of carboxylic acid groups (broad SMARTS) is 1. The Morgan fingerprint density at radius 2 is 1.87 bits per heavy atom. The first-order chi connectivity index (χ1) is 14.8. The molecule has 2 amide bonds. The Morgan fingerprint density at radius 3 is 2.45 bits per heavy atom. The van der Waals surface area contributed by atoms with Gasteiger partial charge in [-0.1, -0.05) is 12.1 Å². The predicted molar refractivity (Wildman–Crippen MR) is 114 cm³/mol. The number of phenols is 1. The molecule has 3 atom stereocenters. The first-order valence-corrected chi connectivity index (χ1v) is 10.2. The van der Waals surface area contributed by atoms with Crippen LogP contribution in [0, 0.1) is 0 Å². The number of nitrogens with one attached hydrogen (secondary N) is 3. The van der Waals surface area contributed by atoms with Crippen molar-refractivity contribution in [2.75, 3.05) is 13.1 Å². The van der Waals surface area contributed by atoms with Crippen LogP contribution in [0.2, 0.25) is 0 Å². The molecular formula is C20H30N6O5. The van der Waals surface area contributed by atoms with Crippen LogP contribution in [0.5, 0.6) is 5.75 Å². The molecule has 1 aromatic carbocycles. The summed E-state index contributed by atoms with van der Waals surface area (Å²) in [6.07, 6.45) is 2.23. The molecule has 0 bridgehead atoms. The van der Waals surface area contributed by atoms with E-state index in [0.29, 0.717) is 18.4 Å². The van der Waals surface area contributed by atoms with E-state index >= 15 is 0 Å².